The van der Waals surface area contributed by atoms with Crippen LogP contribution in [0.15, 0.2) is 42.5 Å². The zero-order valence-electron chi connectivity index (χ0n) is 18.4. The van der Waals surface area contributed by atoms with Crippen molar-refractivity contribution in [2.24, 2.45) is 0 Å². The molecule has 4 rings (SSSR count). The molecule has 1 unspecified atom stereocenters. The summed E-state index contributed by atoms with van der Waals surface area (Å²) < 4.78 is 15.7. The number of amides is 3. The average molecular weight is 452 g/mol. The fraction of sp³-hybridized carbons (Fsp3) is 0.333. The van der Waals surface area contributed by atoms with E-state index in [1.807, 2.05) is 13.0 Å². The van der Waals surface area contributed by atoms with Crippen LogP contribution in [-0.4, -0.2) is 41.4 Å². The Bertz CT molecular complexity index is 1100. The number of esters is 1. The van der Waals surface area contributed by atoms with Crippen LogP contribution in [0.3, 0.4) is 0 Å². The monoisotopic (exact) mass is 452 g/mol. The third-order valence-corrected chi connectivity index (χ3v) is 5.43. The van der Waals surface area contributed by atoms with E-state index in [4.69, 9.17) is 14.2 Å². The number of benzene rings is 2. The number of ether oxygens (including phenoxy) is 3. The second-order valence-electron chi connectivity index (χ2n) is 7.83. The molecule has 9 heteroatoms. The number of fused-ring (bicyclic) bond motifs is 1. The fourth-order valence-corrected chi connectivity index (χ4v) is 3.93. The topological polar surface area (TPSA) is 102 Å². The summed E-state index contributed by atoms with van der Waals surface area (Å²) in [6, 6.07) is 10.5. The van der Waals surface area contributed by atoms with E-state index in [1.54, 1.807) is 12.1 Å². The molecule has 2 heterocycles. The van der Waals surface area contributed by atoms with Gasteiger partial charge < -0.3 is 19.1 Å². The second kappa shape index (κ2) is 9.32. The van der Waals surface area contributed by atoms with Crippen molar-refractivity contribution in [3.8, 4) is 17.2 Å². The van der Waals surface area contributed by atoms with Gasteiger partial charge in [0.25, 0.3) is 5.91 Å². The van der Waals surface area contributed by atoms with Crippen LogP contribution >= 0.6 is 0 Å². The number of carbonyl (C=O) groups is 4. The highest BCUT2D eigenvalue weighted by molar-refractivity contribution is 6.23. The molecule has 172 valence electrons. The van der Waals surface area contributed by atoms with Crippen molar-refractivity contribution >= 4 is 29.4 Å². The van der Waals surface area contributed by atoms with E-state index in [1.165, 1.54) is 36.1 Å². The number of nitrogens with zero attached hydrogens (tertiary/aromatic N) is 2. The van der Waals surface area contributed by atoms with Crippen LogP contribution in [0, 0.1) is 0 Å². The van der Waals surface area contributed by atoms with Gasteiger partial charge in [0.15, 0.2) is 11.5 Å². The smallest absolute Gasteiger partial charge is 0.308 e. The number of anilines is 1. The molecule has 0 bridgehead atoms. The lowest BCUT2D eigenvalue weighted by Gasteiger charge is -2.28. The van der Waals surface area contributed by atoms with Gasteiger partial charge in [-0.05, 0) is 48.4 Å². The molecule has 0 spiro atoms. The Morgan fingerprint density at radius 2 is 1.82 bits per heavy atom. The Morgan fingerprint density at radius 3 is 2.52 bits per heavy atom. The molecule has 9 nitrogen and oxygen atoms in total. The van der Waals surface area contributed by atoms with E-state index in [9.17, 15) is 19.2 Å². The number of imide groups is 1. The van der Waals surface area contributed by atoms with Crippen molar-refractivity contribution in [3.05, 3.63) is 48.0 Å². The standard InChI is InChI=1S/C24H24N2O7/c1-3-4-22(28)25(13-16-5-10-20-21(11-16)32-14-31-20)19-12-23(29)26(24(19)30)17-6-8-18(9-7-17)33-15(2)27/h5-11,19H,3-4,12-14H2,1-2H3. The molecule has 0 aliphatic carbocycles. The third-order valence-electron chi connectivity index (χ3n) is 5.43. The van der Waals surface area contributed by atoms with Crippen molar-refractivity contribution in [2.45, 2.75) is 45.7 Å². The Kier molecular flexibility index (Phi) is 6.30. The number of hydrogen-bond acceptors (Lipinski definition) is 7. The molecule has 2 aromatic carbocycles. The van der Waals surface area contributed by atoms with Crippen LogP contribution in [0.5, 0.6) is 17.2 Å². The first kappa shape index (κ1) is 22.3. The van der Waals surface area contributed by atoms with Crippen LogP contribution in [-0.2, 0) is 25.7 Å². The molecule has 0 radical (unpaired) electrons. The summed E-state index contributed by atoms with van der Waals surface area (Å²) in [4.78, 5) is 52.7. The molecule has 1 atom stereocenters. The first-order valence-electron chi connectivity index (χ1n) is 10.7. The first-order chi connectivity index (χ1) is 15.9. The quantitative estimate of drug-likeness (QED) is 0.362. The Balaban J connectivity index is 1.57. The van der Waals surface area contributed by atoms with Gasteiger partial charge in [-0.25, -0.2) is 4.90 Å². The summed E-state index contributed by atoms with van der Waals surface area (Å²) >= 11 is 0. The predicted octanol–water partition coefficient (Wildman–Crippen LogP) is 2.80. The van der Waals surface area contributed by atoms with Crippen LogP contribution in [0.25, 0.3) is 0 Å². The molecular weight excluding hydrogens is 428 g/mol. The van der Waals surface area contributed by atoms with E-state index < -0.39 is 23.8 Å². The largest absolute Gasteiger partial charge is 0.454 e. The molecule has 3 amide bonds. The summed E-state index contributed by atoms with van der Waals surface area (Å²) in [5.74, 6) is -0.0161. The van der Waals surface area contributed by atoms with Crippen LogP contribution in [0.1, 0.15) is 38.7 Å². The molecule has 1 saturated heterocycles. The van der Waals surface area contributed by atoms with E-state index in [0.29, 0.717) is 29.4 Å². The molecule has 2 aliphatic heterocycles. The van der Waals surface area contributed by atoms with Crippen LogP contribution in [0.4, 0.5) is 5.69 Å². The van der Waals surface area contributed by atoms with Crippen molar-refractivity contribution in [1.29, 1.82) is 0 Å². The van der Waals surface area contributed by atoms with E-state index in [-0.39, 0.29) is 32.1 Å². The van der Waals surface area contributed by atoms with Gasteiger partial charge >= 0.3 is 5.97 Å². The Labute approximate surface area is 190 Å². The Morgan fingerprint density at radius 1 is 1.09 bits per heavy atom. The van der Waals surface area contributed by atoms with Gasteiger partial charge in [0.05, 0.1) is 12.1 Å². The molecule has 0 aromatic heterocycles. The van der Waals surface area contributed by atoms with Crippen molar-refractivity contribution in [3.63, 3.8) is 0 Å². The van der Waals surface area contributed by atoms with Gasteiger partial charge in [-0.3, -0.25) is 19.2 Å². The van der Waals surface area contributed by atoms with E-state index in [2.05, 4.69) is 0 Å². The SMILES string of the molecule is CCCC(=O)N(Cc1ccc2c(c1)OCO2)C1CC(=O)N(c2ccc(OC(C)=O)cc2)C1=O. The maximum absolute atomic E-state index is 13.3. The molecule has 0 saturated carbocycles. The summed E-state index contributed by atoms with van der Waals surface area (Å²) in [6.45, 7) is 3.47. The maximum atomic E-state index is 13.3. The van der Waals surface area contributed by atoms with E-state index >= 15 is 0 Å². The number of carbonyl (C=O) groups excluding carboxylic acids is 4. The normalized spacial score (nSPS) is 16.8. The second-order valence-corrected chi connectivity index (χ2v) is 7.83. The minimum atomic E-state index is -0.907. The number of rotatable bonds is 7. The lowest BCUT2D eigenvalue weighted by molar-refractivity contribution is -0.139. The summed E-state index contributed by atoms with van der Waals surface area (Å²) in [5, 5.41) is 0. The summed E-state index contributed by atoms with van der Waals surface area (Å²) in [6.07, 6.45) is 0.775. The average Bonchev–Trinajstić information content (AvgIpc) is 3.36. The molecule has 1 fully saturated rings. The van der Waals surface area contributed by atoms with Crippen molar-refractivity contribution < 1.29 is 33.4 Å². The number of hydrogen-bond donors (Lipinski definition) is 0. The predicted molar refractivity (Wildman–Crippen MR) is 117 cm³/mol. The summed E-state index contributed by atoms with van der Waals surface area (Å²) in [5.41, 5.74) is 1.13. The summed E-state index contributed by atoms with van der Waals surface area (Å²) in [7, 11) is 0. The molecule has 33 heavy (non-hydrogen) atoms. The molecule has 2 aliphatic rings. The lowest BCUT2D eigenvalue weighted by atomic mass is 10.1. The maximum Gasteiger partial charge on any atom is 0.308 e. The van der Waals surface area contributed by atoms with Gasteiger partial charge in [-0.2, -0.15) is 0 Å². The van der Waals surface area contributed by atoms with Gasteiger partial charge in [-0.1, -0.05) is 13.0 Å². The van der Waals surface area contributed by atoms with Crippen LogP contribution in [0.2, 0.25) is 0 Å². The van der Waals surface area contributed by atoms with Crippen LogP contribution < -0.4 is 19.1 Å². The highest BCUT2D eigenvalue weighted by Gasteiger charge is 2.44. The highest BCUT2D eigenvalue weighted by atomic mass is 16.7. The minimum Gasteiger partial charge on any atom is -0.454 e. The Hall–Kier alpha value is -3.88. The van der Waals surface area contributed by atoms with E-state index in [0.717, 1.165) is 10.5 Å². The molecule has 0 N–H and O–H groups in total. The third kappa shape index (κ3) is 4.67. The first-order valence-corrected chi connectivity index (χ1v) is 10.7. The highest BCUT2D eigenvalue weighted by Crippen LogP contribution is 2.34. The van der Waals surface area contributed by atoms with Crippen molar-refractivity contribution in [1.82, 2.24) is 4.90 Å². The van der Waals surface area contributed by atoms with Gasteiger partial charge in [-0.15, -0.1) is 0 Å². The van der Waals surface area contributed by atoms with Gasteiger partial charge in [0.1, 0.15) is 11.8 Å². The lowest BCUT2D eigenvalue weighted by Crippen LogP contribution is -2.45. The fourth-order valence-electron chi connectivity index (χ4n) is 3.93. The van der Waals surface area contributed by atoms with Gasteiger partial charge in [0.2, 0.25) is 18.6 Å². The van der Waals surface area contributed by atoms with Crippen molar-refractivity contribution in [2.75, 3.05) is 11.7 Å². The molecular formula is C24H24N2O7. The molecule has 2 aromatic rings. The minimum absolute atomic E-state index is 0.107. The van der Waals surface area contributed by atoms with Gasteiger partial charge in [0, 0.05) is 19.9 Å². The zero-order valence-corrected chi connectivity index (χ0v) is 18.4. The zero-order chi connectivity index (χ0) is 23.5.